The second-order valence-electron chi connectivity index (χ2n) is 3.48. The van der Waals surface area contributed by atoms with E-state index in [9.17, 15) is 9.59 Å². The molecule has 100 valence electrons. The molecule has 0 bridgehead atoms. The maximum Gasteiger partial charge on any atom is 0.265 e. The Morgan fingerprint density at radius 3 is 2.83 bits per heavy atom. The Balaban J connectivity index is 2.29. The first kappa shape index (κ1) is 14.6. The lowest BCUT2D eigenvalue weighted by molar-refractivity contribution is -0.136. The summed E-state index contributed by atoms with van der Waals surface area (Å²) in [5.41, 5.74) is 2.24. The van der Waals surface area contributed by atoms with Crippen molar-refractivity contribution in [3.8, 4) is 0 Å². The summed E-state index contributed by atoms with van der Waals surface area (Å²) in [7, 11) is 1.54. The second kappa shape index (κ2) is 7.80. The Bertz CT molecular complexity index is 380. The first-order chi connectivity index (χ1) is 8.65. The summed E-state index contributed by atoms with van der Waals surface area (Å²) in [6.07, 6.45) is 0. The van der Waals surface area contributed by atoms with Gasteiger partial charge in [0, 0.05) is 7.11 Å². The lowest BCUT2D eigenvalue weighted by Gasteiger charge is -2.13. The summed E-state index contributed by atoms with van der Waals surface area (Å²) in [4.78, 5) is 28.6. The van der Waals surface area contributed by atoms with Gasteiger partial charge < -0.3 is 10.1 Å². The molecule has 0 saturated carbocycles. The van der Waals surface area contributed by atoms with Crippen molar-refractivity contribution in [1.29, 1.82) is 0 Å². The highest BCUT2D eigenvalue weighted by atomic mass is 32.1. The number of nitrogens with one attached hydrogen (secondary N) is 2. The summed E-state index contributed by atoms with van der Waals surface area (Å²) in [5.74, 6) is -0.680. The van der Waals surface area contributed by atoms with E-state index in [1.165, 1.54) is 18.4 Å². The molecule has 0 aromatic carbocycles. The molecule has 18 heavy (non-hydrogen) atoms. The number of methoxy groups -OCH3 is 1. The summed E-state index contributed by atoms with van der Waals surface area (Å²) >= 11 is 1.32. The quantitative estimate of drug-likeness (QED) is 0.562. The summed E-state index contributed by atoms with van der Waals surface area (Å²) in [6.45, 7) is 2.23. The van der Waals surface area contributed by atoms with E-state index in [0.717, 1.165) is 0 Å². The third kappa shape index (κ3) is 4.82. The highest BCUT2D eigenvalue weighted by Crippen LogP contribution is 2.07. The maximum absolute atomic E-state index is 11.7. The number of carbonyl (C=O) groups excluding carboxylic acids is 2. The number of carbonyl (C=O) groups is 2. The topological polar surface area (TPSA) is 76.7 Å². The molecule has 0 aliphatic rings. The van der Waals surface area contributed by atoms with Gasteiger partial charge >= 0.3 is 0 Å². The Morgan fingerprint density at radius 2 is 2.22 bits per heavy atom. The van der Waals surface area contributed by atoms with Crippen LogP contribution in [0.5, 0.6) is 0 Å². The molecule has 1 atom stereocenters. The van der Waals surface area contributed by atoms with Crippen LogP contribution in [0.25, 0.3) is 0 Å². The fraction of sp³-hybridized carbons (Fsp3) is 0.455. The molecule has 6 nitrogen and oxygen atoms in total. The summed E-state index contributed by atoms with van der Waals surface area (Å²) < 4.78 is 4.75. The van der Waals surface area contributed by atoms with Gasteiger partial charge in [-0.2, -0.15) is 0 Å². The summed E-state index contributed by atoms with van der Waals surface area (Å²) in [6, 6.07) is 2.81. The largest absolute Gasteiger partial charge is 0.382 e. The van der Waals surface area contributed by atoms with Gasteiger partial charge in [-0.15, -0.1) is 11.3 Å². The van der Waals surface area contributed by atoms with Crippen LogP contribution < -0.4 is 10.8 Å². The molecule has 0 aliphatic carbocycles. The van der Waals surface area contributed by atoms with Crippen molar-refractivity contribution in [3.63, 3.8) is 0 Å². The van der Waals surface area contributed by atoms with Crippen LogP contribution in [0.4, 0.5) is 0 Å². The van der Waals surface area contributed by atoms with Crippen molar-refractivity contribution in [3.05, 3.63) is 22.4 Å². The molecule has 0 saturated heterocycles. The Hall–Kier alpha value is -1.44. The highest BCUT2D eigenvalue weighted by molar-refractivity contribution is 7.12. The zero-order valence-electron chi connectivity index (χ0n) is 10.3. The van der Waals surface area contributed by atoms with E-state index in [1.807, 2.05) is 0 Å². The fourth-order valence-corrected chi connectivity index (χ4v) is 1.70. The van der Waals surface area contributed by atoms with Crippen LogP contribution >= 0.6 is 11.3 Å². The zero-order valence-corrected chi connectivity index (χ0v) is 11.1. The molecule has 1 rings (SSSR count). The Labute approximate surface area is 109 Å². The van der Waals surface area contributed by atoms with E-state index in [0.29, 0.717) is 11.5 Å². The van der Waals surface area contributed by atoms with E-state index >= 15 is 0 Å². The van der Waals surface area contributed by atoms with Crippen molar-refractivity contribution < 1.29 is 19.2 Å². The van der Waals surface area contributed by atoms with Crippen LogP contribution in [-0.4, -0.2) is 38.2 Å². The van der Waals surface area contributed by atoms with Crippen molar-refractivity contribution in [2.24, 2.45) is 0 Å². The molecule has 2 N–H and O–H groups in total. The Kier molecular flexibility index (Phi) is 6.34. The number of hydrogen-bond acceptors (Lipinski definition) is 5. The molecular formula is C11H16N2O4S. The average Bonchev–Trinajstić information content (AvgIpc) is 2.88. The van der Waals surface area contributed by atoms with Gasteiger partial charge in [-0.25, -0.2) is 5.48 Å². The summed E-state index contributed by atoms with van der Waals surface area (Å²) in [5, 5.41) is 4.37. The van der Waals surface area contributed by atoms with Crippen LogP contribution in [0.2, 0.25) is 0 Å². The molecule has 2 amide bonds. The Morgan fingerprint density at radius 1 is 1.44 bits per heavy atom. The van der Waals surface area contributed by atoms with Gasteiger partial charge in [-0.1, -0.05) is 6.07 Å². The van der Waals surface area contributed by atoms with Crippen molar-refractivity contribution in [1.82, 2.24) is 10.8 Å². The van der Waals surface area contributed by atoms with Crippen LogP contribution in [0.3, 0.4) is 0 Å². The van der Waals surface area contributed by atoms with Gasteiger partial charge in [0.2, 0.25) is 0 Å². The molecule has 0 spiro atoms. The number of thiophene rings is 1. The molecular weight excluding hydrogens is 256 g/mol. The molecule has 1 unspecified atom stereocenters. The number of ether oxygens (including phenoxy) is 1. The molecule has 0 radical (unpaired) electrons. The molecule has 1 aromatic rings. The predicted molar refractivity (Wildman–Crippen MR) is 67.2 cm³/mol. The van der Waals surface area contributed by atoms with Gasteiger partial charge in [0.25, 0.3) is 11.8 Å². The number of hydrogen-bond donors (Lipinski definition) is 2. The molecule has 0 fully saturated rings. The van der Waals surface area contributed by atoms with E-state index in [4.69, 9.17) is 9.57 Å². The molecule has 1 aromatic heterocycles. The number of amides is 2. The van der Waals surface area contributed by atoms with Gasteiger partial charge in [0.15, 0.2) is 0 Å². The van der Waals surface area contributed by atoms with E-state index in [2.05, 4.69) is 10.8 Å². The zero-order chi connectivity index (χ0) is 13.4. The van der Waals surface area contributed by atoms with E-state index in [1.54, 1.807) is 24.4 Å². The monoisotopic (exact) mass is 272 g/mol. The van der Waals surface area contributed by atoms with Gasteiger partial charge in [-0.3, -0.25) is 14.4 Å². The smallest absolute Gasteiger partial charge is 0.265 e. The first-order valence-electron chi connectivity index (χ1n) is 5.40. The molecule has 0 aliphatic heterocycles. The third-order valence-electron chi connectivity index (χ3n) is 2.05. The predicted octanol–water partition coefficient (Wildman–Crippen LogP) is 0.561. The lowest BCUT2D eigenvalue weighted by atomic mass is 10.3. The first-order valence-corrected chi connectivity index (χ1v) is 6.28. The number of rotatable bonds is 7. The SMILES string of the molecule is COCCONC(=O)C(C)NC(=O)c1cccs1. The van der Waals surface area contributed by atoms with Gasteiger partial charge in [0.1, 0.15) is 6.04 Å². The normalized spacial score (nSPS) is 11.9. The standard InChI is InChI=1S/C11H16N2O4S/c1-8(10(14)13-17-6-5-16-2)12-11(15)9-4-3-7-18-9/h3-4,7-8H,5-6H2,1-2H3,(H,12,15)(H,13,14). The van der Waals surface area contributed by atoms with Crippen molar-refractivity contribution >= 4 is 23.2 Å². The van der Waals surface area contributed by atoms with E-state index in [-0.39, 0.29) is 12.5 Å². The number of hydroxylamine groups is 1. The van der Waals surface area contributed by atoms with Crippen molar-refractivity contribution in [2.75, 3.05) is 20.3 Å². The average molecular weight is 272 g/mol. The van der Waals surface area contributed by atoms with Crippen LogP contribution in [-0.2, 0) is 14.4 Å². The van der Waals surface area contributed by atoms with Crippen LogP contribution in [0, 0.1) is 0 Å². The van der Waals surface area contributed by atoms with Crippen LogP contribution in [0.15, 0.2) is 17.5 Å². The van der Waals surface area contributed by atoms with Crippen molar-refractivity contribution in [2.45, 2.75) is 13.0 Å². The maximum atomic E-state index is 11.7. The minimum atomic E-state index is -0.665. The minimum absolute atomic E-state index is 0.258. The van der Waals surface area contributed by atoms with Crippen LogP contribution in [0.1, 0.15) is 16.6 Å². The second-order valence-corrected chi connectivity index (χ2v) is 4.43. The molecule has 1 heterocycles. The van der Waals surface area contributed by atoms with E-state index < -0.39 is 11.9 Å². The minimum Gasteiger partial charge on any atom is -0.382 e. The highest BCUT2D eigenvalue weighted by Gasteiger charge is 2.16. The lowest BCUT2D eigenvalue weighted by Crippen LogP contribution is -2.44. The molecule has 7 heteroatoms. The van der Waals surface area contributed by atoms with Gasteiger partial charge in [-0.05, 0) is 18.4 Å². The third-order valence-corrected chi connectivity index (χ3v) is 2.92. The van der Waals surface area contributed by atoms with Gasteiger partial charge in [0.05, 0.1) is 18.1 Å². The fourth-order valence-electron chi connectivity index (χ4n) is 1.08.